The van der Waals surface area contributed by atoms with Crippen LogP contribution in [0, 0.1) is 0 Å². The summed E-state index contributed by atoms with van der Waals surface area (Å²) in [5, 5.41) is 1.52. The first kappa shape index (κ1) is 9.48. The van der Waals surface area contributed by atoms with Gasteiger partial charge in [0.25, 0.3) is 0 Å². The van der Waals surface area contributed by atoms with Crippen LogP contribution in [0.4, 0.5) is 0 Å². The van der Waals surface area contributed by atoms with Gasteiger partial charge in [0, 0.05) is 6.54 Å². The van der Waals surface area contributed by atoms with Crippen molar-refractivity contribution in [3.05, 3.63) is 0 Å². The van der Waals surface area contributed by atoms with Gasteiger partial charge in [-0.25, -0.2) is 5.01 Å². The first-order valence-electron chi connectivity index (χ1n) is 4.43. The molecule has 70 valence electrons. The van der Waals surface area contributed by atoms with Crippen LogP contribution in [-0.2, 0) is 9.53 Å². The number of carbonyl (C=O) groups excluding carboxylic acids is 1. The predicted molar refractivity (Wildman–Crippen MR) is 45.2 cm³/mol. The topological polar surface area (TPSA) is 55.6 Å². The Hall–Kier alpha value is -0.610. The highest BCUT2D eigenvalue weighted by molar-refractivity contribution is 5.76. The number of hydrazine groups is 1. The SMILES string of the molecule is CCCCOC(=O)C1CCN1N. The zero-order valence-corrected chi connectivity index (χ0v) is 7.45. The molecule has 1 fully saturated rings. The Kier molecular flexibility index (Phi) is 3.49. The monoisotopic (exact) mass is 172 g/mol. The molecule has 1 unspecified atom stereocenters. The van der Waals surface area contributed by atoms with Crippen molar-refractivity contribution in [2.24, 2.45) is 5.84 Å². The molecule has 0 aromatic heterocycles. The van der Waals surface area contributed by atoms with Crippen LogP contribution in [0.15, 0.2) is 0 Å². The van der Waals surface area contributed by atoms with Crippen LogP contribution in [0.3, 0.4) is 0 Å². The molecule has 1 saturated heterocycles. The van der Waals surface area contributed by atoms with Crippen LogP contribution in [0.2, 0.25) is 0 Å². The number of unbranched alkanes of at least 4 members (excludes halogenated alkanes) is 1. The van der Waals surface area contributed by atoms with Gasteiger partial charge in [0.1, 0.15) is 6.04 Å². The minimum absolute atomic E-state index is 0.169. The number of hydrogen-bond donors (Lipinski definition) is 1. The van der Waals surface area contributed by atoms with Gasteiger partial charge in [-0.15, -0.1) is 0 Å². The molecular weight excluding hydrogens is 156 g/mol. The molecule has 12 heavy (non-hydrogen) atoms. The maximum absolute atomic E-state index is 11.2. The second-order valence-electron chi connectivity index (χ2n) is 3.06. The Labute approximate surface area is 72.6 Å². The van der Waals surface area contributed by atoms with Gasteiger partial charge >= 0.3 is 5.97 Å². The molecule has 0 aromatic carbocycles. The maximum Gasteiger partial charge on any atom is 0.324 e. The van der Waals surface area contributed by atoms with Crippen LogP contribution in [-0.4, -0.2) is 30.2 Å². The van der Waals surface area contributed by atoms with Crippen LogP contribution < -0.4 is 5.84 Å². The van der Waals surface area contributed by atoms with Gasteiger partial charge in [-0.1, -0.05) is 13.3 Å². The van der Waals surface area contributed by atoms with E-state index in [2.05, 4.69) is 6.92 Å². The molecule has 0 aromatic rings. The van der Waals surface area contributed by atoms with Crippen molar-refractivity contribution >= 4 is 5.97 Å². The highest BCUT2D eigenvalue weighted by atomic mass is 16.5. The summed E-state index contributed by atoms with van der Waals surface area (Å²) in [5.74, 6) is 5.29. The molecule has 1 atom stereocenters. The third-order valence-electron chi connectivity index (χ3n) is 2.08. The Balaban J connectivity index is 2.11. The molecule has 1 rings (SSSR count). The third-order valence-corrected chi connectivity index (χ3v) is 2.08. The largest absolute Gasteiger partial charge is 0.464 e. The number of esters is 1. The molecule has 0 bridgehead atoms. The molecule has 1 heterocycles. The first-order valence-corrected chi connectivity index (χ1v) is 4.43. The van der Waals surface area contributed by atoms with Crippen molar-refractivity contribution in [3.8, 4) is 0 Å². The number of nitrogens with two attached hydrogens (primary N) is 1. The zero-order chi connectivity index (χ0) is 8.97. The second kappa shape index (κ2) is 4.42. The summed E-state index contributed by atoms with van der Waals surface area (Å²) in [7, 11) is 0. The van der Waals surface area contributed by atoms with Gasteiger partial charge in [-0.2, -0.15) is 0 Å². The van der Waals surface area contributed by atoms with Crippen molar-refractivity contribution in [2.75, 3.05) is 13.2 Å². The molecule has 0 saturated carbocycles. The van der Waals surface area contributed by atoms with E-state index in [4.69, 9.17) is 10.6 Å². The Bertz CT molecular complexity index is 161. The van der Waals surface area contributed by atoms with Crippen molar-refractivity contribution in [1.82, 2.24) is 5.01 Å². The van der Waals surface area contributed by atoms with E-state index in [1.807, 2.05) is 0 Å². The Morgan fingerprint density at radius 2 is 2.50 bits per heavy atom. The number of hydrogen-bond acceptors (Lipinski definition) is 4. The van der Waals surface area contributed by atoms with E-state index in [0.29, 0.717) is 6.61 Å². The number of ether oxygens (including phenoxy) is 1. The third kappa shape index (κ3) is 2.19. The Morgan fingerprint density at radius 1 is 1.75 bits per heavy atom. The minimum atomic E-state index is -0.179. The molecule has 4 nitrogen and oxygen atoms in total. The van der Waals surface area contributed by atoms with Gasteiger partial charge in [0.15, 0.2) is 0 Å². The average molecular weight is 172 g/mol. The molecule has 0 spiro atoms. The van der Waals surface area contributed by atoms with Gasteiger partial charge in [0.05, 0.1) is 6.61 Å². The first-order chi connectivity index (χ1) is 5.75. The average Bonchev–Trinajstić information content (AvgIpc) is 2.02. The fourth-order valence-corrected chi connectivity index (χ4v) is 1.07. The zero-order valence-electron chi connectivity index (χ0n) is 7.45. The molecule has 1 aliphatic heterocycles. The molecule has 1 aliphatic rings. The van der Waals surface area contributed by atoms with Gasteiger partial charge in [-0.3, -0.25) is 10.6 Å². The lowest BCUT2D eigenvalue weighted by Gasteiger charge is -2.34. The number of nitrogens with zero attached hydrogens (tertiary/aromatic N) is 1. The highest BCUT2D eigenvalue weighted by Crippen LogP contribution is 2.13. The predicted octanol–water partition coefficient (Wildman–Crippen LogP) is 0.278. The summed E-state index contributed by atoms with van der Waals surface area (Å²) in [6, 6.07) is -0.179. The Morgan fingerprint density at radius 3 is 2.92 bits per heavy atom. The summed E-state index contributed by atoms with van der Waals surface area (Å²) >= 11 is 0. The van der Waals surface area contributed by atoms with Gasteiger partial charge in [-0.05, 0) is 12.8 Å². The fraction of sp³-hybridized carbons (Fsp3) is 0.875. The van der Waals surface area contributed by atoms with Gasteiger partial charge in [0.2, 0.25) is 0 Å². The van der Waals surface area contributed by atoms with Crippen molar-refractivity contribution in [3.63, 3.8) is 0 Å². The normalized spacial score (nSPS) is 23.3. The summed E-state index contributed by atoms with van der Waals surface area (Å²) in [6.07, 6.45) is 2.81. The van der Waals surface area contributed by atoms with E-state index in [0.717, 1.165) is 25.8 Å². The van der Waals surface area contributed by atoms with Gasteiger partial charge < -0.3 is 4.74 Å². The van der Waals surface area contributed by atoms with E-state index in [9.17, 15) is 4.79 Å². The quantitative estimate of drug-likeness (QED) is 0.376. The molecule has 0 radical (unpaired) electrons. The van der Waals surface area contributed by atoms with Crippen LogP contribution in [0.1, 0.15) is 26.2 Å². The van der Waals surface area contributed by atoms with E-state index in [1.165, 1.54) is 5.01 Å². The summed E-state index contributed by atoms with van der Waals surface area (Å²) in [5.41, 5.74) is 0. The van der Waals surface area contributed by atoms with Crippen LogP contribution in [0.5, 0.6) is 0 Å². The summed E-state index contributed by atoms with van der Waals surface area (Å²) in [4.78, 5) is 11.2. The number of rotatable bonds is 4. The maximum atomic E-state index is 11.2. The fourth-order valence-electron chi connectivity index (χ4n) is 1.07. The molecule has 4 heteroatoms. The van der Waals surface area contributed by atoms with E-state index >= 15 is 0 Å². The smallest absolute Gasteiger partial charge is 0.324 e. The molecule has 2 N–H and O–H groups in total. The summed E-state index contributed by atoms with van der Waals surface area (Å²) < 4.78 is 5.00. The van der Waals surface area contributed by atoms with Crippen LogP contribution >= 0.6 is 0 Å². The minimum Gasteiger partial charge on any atom is -0.464 e. The molecule has 0 aliphatic carbocycles. The van der Waals surface area contributed by atoms with E-state index in [1.54, 1.807) is 0 Å². The van der Waals surface area contributed by atoms with Crippen molar-refractivity contribution in [2.45, 2.75) is 32.2 Å². The van der Waals surface area contributed by atoms with E-state index in [-0.39, 0.29) is 12.0 Å². The van der Waals surface area contributed by atoms with E-state index < -0.39 is 0 Å². The number of carbonyl (C=O) groups is 1. The standard InChI is InChI=1S/C8H16N2O2/c1-2-3-6-12-8(11)7-4-5-10(7)9/h7H,2-6,9H2,1H3. The second-order valence-corrected chi connectivity index (χ2v) is 3.06. The molecule has 0 amide bonds. The lowest BCUT2D eigenvalue weighted by Crippen LogP contribution is -2.56. The van der Waals surface area contributed by atoms with Crippen molar-refractivity contribution < 1.29 is 9.53 Å². The van der Waals surface area contributed by atoms with Crippen molar-refractivity contribution in [1.29, 1.82) is 0 Å². The lowest BCUT2D eigenvalue weighted by atomic mass is 10.1. The molecular formula is C8H16N2O2. The highest BCUT2D eigenvalue weighted by Gasteiger charge is 2.32. The lowest BCUT2D eigenvalue weighted by molar-refractivity contribution is -0.155. The van der Waals surface area contributed by atoms with Crippen LogP contribution in [0.25, 0.3) is 0 Å². The summed E-state index contributed by atoms with van der Waals surface area (Å²) in [6.45, 7) is 3.39.